The summed E-state index contributed by atoms with van der Waals surface area (Å²) in [7, 11) is 1.46. The molecule has 4 rings (SSSR count). The molecule has 140 valence electrons. The van der Waals surface area contributed by atoms with E-state index in [1.807, 2.05) is 9.80 Å². The summed E-state index contributed by atoms with van der Waals surface area (Å²) in [5.74, 6) is 1.88. The first kappa shape index (κ1) is 17.1. The summed E-state index contributed by atoms with van der Waals surface area (Å²) in [5.41, 5.74) is 0.335. The molecule has 2 heterocycles. The van der Waals surface area contributed by atoms with E-state index >= 15 is 0 Å². The molecule has 3 atom stereocenters. The number of piperidine rings is 1. The van der Waals surface area contributed by atoms with Gasteiger partial charge in [-0.15, -0.1) is 0 Å². The highest BCUT2D eigenvalue weighted by Crippen LogP contribution is 2.57. The quantitative estimate of drug-likeness (QED) is 0.774. The van der Waals surface area contributed by atoms with Crippen molar-refractivity contribution in [2.45, 2.75) is 39.2 Å². The number of methoxy groups -OCH3 is 1. The number of amides is 2. The van der Waals surface area contributed by atoms with Crippen molar-refractivity contribution in [3.05, 3.63) is 0 Å². The van der Waals surface area contributed by atoms with Gasteiger partial charge in [-0.05, 0) is 50.4 Å². The van der Waals surface area contributed by atoms with E-state index in [9.17, 15) is 9.59 Å². The summed E-state index contributed by atoms with van der Waals surface area (Å²) < 4.78 is 4.86. The van der Waals surface area contributed by atoms with E-state index in [4.69, 9.17) is 4.74 Å². The zero-order chi connectivity index (χ0) is 17.8. The van der Waals surface area contributed by atoms with Crippen LogP contribution >= 0.6 is 0 Å². The van der Waals surface area contributed by atoms with E-state index < -0.39 is 0 Å². The van der Waals surface area contributed by atoms with Crippen LogP contribution in [0.1, 0.15) is 33.1 Å². The fraction of sp³-hybridized carbons (Fsp3) is 0.895. The maximum absolute atomic E-state index is 12.5. The van der Waals surface area contributed by atoms with Gasteiger partial charge in [0.05, 0.1) is 7.11 Å². The average molecular weight is 349 g/mol. The molecule has 0 aromatic carbocycles. The van der Waals surface area contributed by atoms with Gasteiger partial charge >= 0.3 is 6.09 Å². The fourth-order valence-corrected chi connectivity index (χ4v) is 5.72. The lowest BCUT2D eigenvalue weighted by molar-refractivity contribution is -0.133. The molecule has 2 aliphatic carbocycles. The van der Waals surface area contributed by atoms with Crippen molar-refractivity contribution in [3.8, 4) is 0 Å². The van der Waals surface area contributed by atoms with Crippen LogP contribution in [0.15, 0.2) is 0 Å². The minimum absolute atomic E-state index is 0.180. The predicted molar refractivity (Wildman–Crippen MR) is 94.0 cm³/mol. The van der Waals surface area contributed by atoms with E-state index in [1.165, 1.54) is 20.0 Å². The monoisotopic (exact) mass is 349 g/mol. The Bertz CT molecular complexity index is 544. The first-order chi connectivity index (χ1) is 12.0. The van der Waals surface area contributed by atoms with Crippen LogP contribution in [0.5, 0.6) is 0 Å². The smallest absolute Gasteiger partial charge is 0.409 e. The van der Waals surface area contributed by atoms with Gasteiger partial charge in [-0.2, -0.15) is 0 Å². The van der Waals surface area contributed by atoms with Crippen LogP contribution in [0.4, 0.5) is 4.79 Å². The van der Waals surface area contributed by atoms with Gasteiger partial charge in [-0.25, -0.2) is 4.79 Å². The van der Waals surface area contributed by atoms with Crippen LogP contribution in [0.25, 0.3) is 0 Å². The Morgan fingerprint density at radius 1 is 1.16 bits per heavy atom. The van der Waals surface area contributed by atoms with Crippen LogP contribution in [0.3, 0.4) is 0 Å². The van der Waals surface area contributed by atoms with Crippen molar-refractivity contribution in [2.24, 2.45) is 23.2 Å². The van der Waals surface area contributed by atoms with Crippen molar-refractivity contribution in [3.63, 3.8) is 0 Å². The lowest BCUT2D eigenvalue weighted by Gasteiger charge is -2.49. The third-order valence-electron chi connectivity index (χ3n) is 7.31. The van der Waals surface area contributed by atoms with Gasteiger partial charge in [0.15, 0.2) is 0 Å². The molecule has 0 bridgehead atoms. The molecule has 4 fully saturated rings. The molecule has 25 heavy (non-hydrogen) atoms. The molecule has 0 radical (unpaired) electrons. The van der Waals surface area contributed by atoms with E-state index in [0.29, 0.717) is 35.1 Å². The van der Waals surface area contributed by atoms with Crippen molar-refractivity contribution >= 4 is 12.0 Å². The molecule has 2 aliphatic heterocycles. The molecular weight excluding hydrogens is 318 g/mol. The molecular formula is C19H31N3O3. The maximum Gasteiger partial charge on any atom is 0.409 e. The Morgan fingerprint density at radius 3 is 2.36 bits per heavy atom. The number of hydrogen-bond acceptors (Lipinski definition) is 4. The highest BCUT2D eigenvalue weighted by atomic mass is 16.5. The lowest BCUT2D eigenvalue weighted by Crippen LogP contribution is -2.52. The molecule has 2 saturated carbocycles. The summed E-state index contributed by atoms with van der Waals surface area (Å²) in [6.07, 6.45) is 3.34. The predicted octanol–water partition coefficient (Wildman–Crippen LogP) is 1.65. The summed E-state index contributed by atoms with van der Waals surface area (Å²) in [6, 6.07) is 0.662. The number of rotatable bonds is 4. The van der Waals surface area contributed by atoms with E-state index in [1.54, 1.807) is 0 Å². The molecule has 6 nitrogen and oxygen atoms in total. The molecule has 4 aliphatic rings. The lowest BCUT2D eigenvalue weighted by atomic mass is 9.64. The first-order valence-electron chi connectivity index (χ1n) is 9.87. The first-order valence-corrected chi connectivity index (χ1v) is 9.87. The van der Waals surface area contributed by atoms with Crippen LogP contribution in [0.2, 0.25) is 0 Å². The molecule has 2 amide bonds. The second kappa shape index (κ2) is 6.15. The van der Waals surface area contributed by atoms with Gasteiger partial charge in [-0.1, -0.05) is 0 Å². The highest BCUT2D eigenvalue weighted by molar-refractivity contribution is 5.82. The molecule has 1 spiro atoms. The summed E-state index contributed by atoms with van der Waals surface area (Å²) >= 11 is 0. The minimum Gasteiger partial charge on any atom is -0.453 e. The van der Waals surface area contributed by atoms with Gasteiger partial charge in [0, 0.05) is 51.2 Å². The van der Waals surface area contributed by atoms with Crippen LogP contribution in [-0.2, 0) is 9.53 Å². The number of nitrogens with zero attached hydrogens (tertiary/aromatic N) is 3. The van der Waals surface area contributed by atoms with Crippen LogP contribution < -0.4 is 0 Å². The SMILES string of the molecule is CCN(CC)C(=O)C1[C@H]2CN(C3CC4(CCN(C(=O)OC)C4)C3)C[C@@H]12. The summed E-state index contributed by atoms with van der Waals surface area (Å²) in [5, 5.41) is 0. The van der Waals surface area contributed by atoms with E-state index in [0.717, 1.165) is 45.7 Å². The van der Waals surface area contributed by atoms with Gasteiger partial charge in [-0.3, -0.25) is 9.69 Å². The number of fused-ring (bicyclic) bond motifs is 1. The normalized spacial score (nSPS) is 39.2. The number of ether oxygens (including phenoxy) is 1. The average Bonchev–Trinajstić information content (AvgIpc) is 2.94. The second-order valence-electron chi connectivity index (χ2n) is 8.52. The molecule has 0 N–H and O–H groups in total. The summed E-state index contributed by atoms with van der Waals surface area (Å²) in [4.78, 5) is 30.7. The minimum atomic E-state index is -0.180. The zero-order valence-electron chi connectivity index (χ0n) is 15.7. The number of carbonyl (C=O) groups is 2. The zero-order valence-corrected chi connectivity index (χ0v) is 15.7. The molecule has 1 unspecified atom stereocenters. The maximum atomic E-state index is 12.5. The van der Waals surface area contributed by atoms with Crippen molar-refractivity contribution in [1.29, 1.82) is 0 Å². The fourth-order valence-electron chi connectivity index (χ4n) is 5.72. The van der Waals surface area contributed by atoms with Gasteiger partial charge in [0.1, 0.15) is 0 Å². The molecule has 0 aromatic rings. The van der Waals surface area contributed by atoms with Crippen molar-refractivity contribution in [2.75, 3.05) is 46.4 Å². The Balaban J connectivity index is 1.25. The van der Waals surface area contributed by atoms with Crippen molar-refractivity contribution in [1.82, 2.24) is 14.7 Å². The summed E-state index contributed by atoms with van der Waals surface area (Å²) in [6.45, 7) is 9.70. The Kier molecular flexibility index (Phi) is 4.21. The number of likely N-dealkylation sites (tertiary alicyclic amines) is 2. The Hall–Kier alpha value is -1.30. The topological polar surface area (TPSA) is 53.1 Å². The third kappa shape index (κ3) is 2.73. The van der Waals surface area contributed by atoms with E-state index in [2.05, 4.69) is 18.7 Å². The Labute approximate surface area is 150 Å². The molecule has 6 heteroatoms. The van der Waals surface area contributed by atoms with E-state index in [-0.39, 0.29) is 6.09 Å². The number of hydrogen-bond donors (Lipinski definition) is 0. The largest absolute Gasteiger partial charge is 0.453 e. The third-order valence-corrected chi connectivity index (χ3v) is 7.31. The van der Waals surface area contributed by atoms with Crippen LogP contribution in [-0.4, -0.2) is 79.1 Å². The van der Waals surface area contributed by atoms with Gasteiger partial charge in [0.25, 0.3) is 0 Å². The number of carbonyl (C=O) groups excluding carboxylic acids is 2. The van der Waals surface area contributed by atoms with Crippen molar-refractivity contribution < 1.29 is 14.3 Å². The molecule has 0 aromatic heterocycles. The second-order valence-corrected chi connectivity index (χ2v) is 8.52. The van der Waals surface area contributed by atoms with Gasteiger partial charge in [0.2, 0.25) is 5.91 Å². The highest BCUT2D eigenvalue weighted by Gasteiger charge is 2.62. The standard InChI is InChI=1S/C19H31N3O3/c1-4-20(5-2)17(23)16-14-10-22(11-15(14)16)13-8-19(9-13)6-7-21(12-19)18(24)25-3/h13-16H,4-12H2,1-3H3/t13?,14-,15+,16?,19?. The Morgan fingerprint density at radius 2 is 1.80 bits per heavy atom. The molecule has 2 saturated heterocycles. The van der Waals surface area contributed by atoms with Crippen LogP contribution in [0, 0.1) is 23.2 Å². The van der Waals surface area contributed by atoms with Gasteiger partial charge < -0.3 is 14.5 Å².